The van der Waals surface area contributed by atoms with Crippen molar-refractivity contribution in [1.29, 1.82) is 0 Å². The van der Waals surface area contributed by atoms with Crippen LogP contribution in [0.1, 0.15) is 37.2 Å². The van der Waals surface area contributed by atoms with Crippen LogP contribution in [0.25, 0.3) is 0 Å². The molecule has 1 heteroatoms. The van der Waals surface area contributed by atoms with Gasteiger partial charge in [0, 0.05) is 6.42 Å². The number of carbonyl (C=O) groups is 1. The summed E-state index contributed by atoms with van der Waals surface area (Å²) < 4.78 is 0. The third-order valence-electron chi connectivity index (χ3n) is 3.73. The number of benzene rings is 1. The summed E-state index contributed by atoms with van der Waals surface area (Å²) in [6.07, 6.45) is 6.11. The molecule has 82 valence electrons. The highest BCUT2D eigenvalue weighted by Gasteiger charge is 2.41. The second kappa shape index (κ2) is 3.89. The molecule has 0 bridgehead atoms. The monoisotopic (exact) mass is 212 g/mol. The lowest BCUT2D eigenvalue weighted by Crippen LogP contribution is -2.04. The number of hydrogen-bond donors (Lipinski definition) is 0. The third-order valence-corrected chi connectivity index (χ3v) is 3.73. The van der Waals surface area contributed by atoms with E-state index in [0.29, 0.717) is 17.6 Å². The van der Waals surface area contributed by atoms with E-state index in [4.69, 9.17) is 0 Å². The van der Waals surface area contributed by atoms with Crippen molar-refractivity contribution in [3.63, 3.8) is 0 Å². The fourth-order valence-corrected chi connectivity index (χ4v) is 2.78. The first kappa shape index (κ1) is 9.83. The molecule has 0 radical (unpaired) electrons. The summed E-state index contributed by atoms with van der Waals surface area (Å²) in [5.41, 5.74) is 2.84. The molecule has 0 aliphatic heterocycles. The van der Waals surface area contributed by atoms with Crippen LogP contribution < -0.4 is 0 Å². The Labute approximate surface area is 96.2 Å². The Morgan fingerprint density at radius 1 is 1.00 bits per heavy atom. The molecule has 0 amide bonds. The first-order chi connectivity index (χ1) is 7.84. The lowest BCUT2D eigenvalue weighted by Gasteiger charge is -2.11. The Kier molecular flexibility index (Phi) is 2.39. The maximum Gasteiger partial charge on any atom is 0.155 e. The van der Waals surface area contributed by atoms with Gasteiger partial charge in [-0.1, -0.05) is 35.9 Å². The molecule has 0 aromatic heterocycles. The van der Waals surface area contributed by atoms with Gasteiger partial charge in [0.25, 0.3) is 0 Å². The van der Waals surface area contributed by atoms with Crippen molar-refractivity contribution in [3.05, 3.63) is 47.5 Å². The zero-order valence-corrected chi connectivity index (χ0v) is 9.36. The molecule has 0 spiro atoms. The second-order valence-electron chi connectivity index (χ2n) is 4.90. The lowest BCUT2D eigenvalue weighted by atomic mass is 9.93. The first-order valence-electron chi connectivity index (χ1n) is 6.13. The maximum absolute atomic E-state index is 11.4. The van der Waals surface area contributed by atoms with Gasteiger partial charge in [0.05, 0.1) is 0 Å². The molecule has 3 rings (SSSR count). The number of rotatable bonds is 2. The van der Waals surface area contributed by atoms with Crippen molar-refractivity contribution >= 4 is 5.78 Å². The standard InChI is InChI=1S/C15H16O/c16-13-8-4-7-12(9-13)15-10-14(15)11-5-2-1-3-6-11/h1-3,5-6,9,14-15H,4,7-8,10H2. The van der Waals surface area contributed by atoms with Crippen LogP contribution in [0.15, 0.2) is 42.0 Å². The summed E-state index contributed by atoms with van der Waals surface area (Å²) in [5, 5.41) is 0. The van der Waals surface area contributed by atoms with Crippen LogP contribution >= 0.6 is 0 Å². The van der Waals surface area contributed by atoms with Gasteiger partial charge in [-0.05, 0) is 42.7 Å². The van der Waals surface area contributed by atoms with E-state index in [-0.39, 0.29) is 0 Å². The number of hydrogen-bond acceptors (Lipinski definition) is 1. The Bertz CT molecular complexity index is 430. The van der Waals surface area contributed by atoms with Crippen LogP contribution in [0, 0.1) is 5.92 Å². The predicted molar refractivity (Wildman–Crippen MR) is 64.2 cm³/mol. The zero-order chi connectivity index (χ0) is 11.0. The molecule has 0 saturated heterocycles. The smallest absolute Gasteiger partial charge is 0.155 e. The van der Waals surface area contributed by atoms with Crippen molar-refractivity contribution in [1.82, 2.24) is 0 Å². The summed E-state index contributed by atoms with van der Waals surface area (Å²) in [6, 6.07) is 10.7. The van der Waals surface area contributed by atoms with E-state index in [0.717, 1.165) is 19.3 Å². The summed E-state index contributed by atoms with van der Waals surface area (Å²) in [5.74, 6) is 1.67. The van der Waals surface area contributed by atoms with Crippen molar-refractivity contribution in [2.75, 3.05) is 0 Å². The van der Waals surface area contributed by atoms with E-state index in [1.807, 2.05) is 6.08 Å². The van der Waals surface area contributed by atoms with Gasteiger partial charge in [-0.2, -0.15) is 0 Å². The van der Waals surface area contributed by atoms with E-state index >= 15 is 0 Å². The Hall–Kier alpha value is -1.37. The topological polar surface area (TPSA) is 17.1 Å². The Morgan fingerprint density at radius 3 is 2.56 bits per heavy atom. The fourth-order valence-electron chi connectivity index (χ4n) is 2.78. The molecule has 16 heavy (non-hydrogen) atoms. The highest BCUT2D eigenvalue weighted by Crippen LogP contribution is 2.53. The fraction of sp³-hybridized carbons (Fsp3) is 0.400. The summed E-state index contributed by atoms with van der Waals surface area (Å²) in [6.45, 7) is 0. The maximum atomic E-state index is 11.4. The molecular weight excluding hydrogens is 196 g/mol. The van der Waals surface area contributed by atoms with Gasteiger partial charge in [-0.25, -0.2) is 0 Å². The molecular formula is C15H16O. The van der Waals surface area contributed by atoms with Gasteiger partial charge in [0.2, 0.25) is 0 Å². The molecule has 0 heterocycles. The van der Waals surface area contributed by atoms with Gasteiger partial charge >= 0.3 is 0 Å². The molecule has 0 N–H and O–H groups in total. The predicted octanol–water partition coefficient (Wildman–Crippen LogP) is 3.47. The zero-order valence-electron chi connectivity index (χ0n) is 9.36. The Balaban J connectivity index is 1.75. The van der Waals surface area contributed by atoms with E-state index in [9.17, 15) is 4.79 Å². The molecule has 2 aliphatic carbocycles. The molecule has 1 nitrogen and oxygen atoms in total. The number of allylic oxidation sites excluding steroid dienone is 2. The normalized spacial score (nSPS) is 28.8. The number of ketones is 1. The van der Waals surface area contributed by atoms with Crippen LogP contribution in [-0.4, -0.2) is 5.78 Å². The van der Waals surface area contributed by atoms with Crippen LogP contribution in [0.2, 0.25) is 0 Å². The molecule has 1 fully saturated rings. The SMILES string of the molecule is O=C1C=C(C2CC2c2ccccc2)CCC1. The molecule has 2 aliphatic rings. The average Bonchev–Trinajstić information content (AvgIpc) is 3.10. The quantitative estimate of drug-likeness (QED) is 0.733. The van der Waals surface area contributed by atoms with Gasteiger partial charge in [-0.15, -0.1) is 0 Å². The van der Waals surface area contributed by atoms with Crippen LogP contribution in [0.4, 0.5) is 0 Å². The van der Waals surface area contributed by atoms with Gasteiger partial charge in [0.1, 0.15) is 0 Å². The van der Waals surface area contributed by atoms with Gasteiger partial charge in [0.15, 0.2) is 5.78 Å². The van der Waals surface area contributed by atoms with Crippen LogP contribution in [0.3, 0.4) is 0 Å². The third kappa shape index (κ3) is 1.82. The summed E-state index contributed by atoms with van der Waals surface area (Å²) in [7, 11) is 0. The van der Waals surface area contributed by atoms with E-state index in [2.05, 4.69) is 30.3 Å². The van der Waals surface area contributed by atoms with E-state index in [1.54, 1.807) is 0 Å². The minimum absolute atomic E-state index is 0.333. The molecule has 1 aromatic rings. The van der Waals surface area contributed by atoms with Crippen LogP contribution in [-0.2, 0) is 4.79 Å². The van der Waals surface area contributed by atoms with Crippen molar-refractivity contribution in [3.8, 4) is 0 Å². The molecule has 1 saturated carbocycles. The van der Waals surface area contributed by atoms with Crippen molar-refractivity contribution in [2.24, 2.45) is 5.92 Å². The lowest BCUT2D eigenvalue weighted by molar-refractivity contribution is -0.115. The minimum atomic E-state index is 0.333. The second-order valence-corrected chi connectivity index (χ2v) is 4.90. The first-order valence-corrected chi connectivity index (χ1v) is 6.13. The summed E-state index contributed by atoms with van der Waals surface area (Å²) in [4.78, 5) is 11.4. The van der Waals surface area contributed by atoms with Gasteiger partial charge in [-0.3, -0.25) is 4.79 Å². The highest BCUT2D eigenvalue weighted by atomic mass is 16.1. The summed E-state index contributed by atoms with van der Waals surface area (Å²) >= 11 is 0. The largest absolute Gasteiger partial charge is 0.295 e. The van der Waals surface area contributed by atoms with Crippen LogP contribution in [0.5, 0.6) is 0 Å². The van der Waals surface area contributed by atoms with E-state index in [1.165, 1.54) is 17.6 Å². The minimum Gasteiger partial charge on any atom is -0.295 e. The van der Waals surface area contributed by atoms with Gasteiger partial charge < -0.3 is 0 Å². The average molecular weight is 212 g/mol. The van der Waals surface area contributed by atoms with Crippen molar-refractivity contribution in [2.45, 2.75) is 31.6 Å². The molecule has 1 aromatic carbocycles. The highest BCUT2D eigenvalue weighted by molar-refractivity contribution is 5.91. The Morgan fingerprint density at radius 2 is 1.81 bits per heavy atom. The molecule has 2 unspecified atom stereocenters. The van der Waals surface area contributed by atoms with E-state index < -0.39 is 0 Å². The van der Waals surface area contributed by atoms with Crippen molar-refractivity contribution < 1.29 is 4.79 Å². The molecule has 2 atom stereocenters. The number of carbonyl (C=O) groups excluding carboxylic acids is 1.